The lowest BCUT2D eigenvalue weighted by atomic mass is 10.0. The summed E-state index contributed by atoms with van der Waals surface area (Å²) in [5.41, 5.74) is 8.00. The average molecular weight is 335 g/mol. The molecule has 0 radical (unpaired) electrons. The lowest BCUT2D eigenvalue weighted by Gasteiger charge is -2.06. The molecule has 3 nitrogen and oxygen atoms in total. The molecule has 0 aliphatic carbocycles. The minimum atomic E-state index is 1.00. The Balaban J connectivity index is 1.67. The maximum atomic E-state index is 4.60. The fourth-order valence-corrected chi connectivity index (χ4v) is 3.44. The summed E-state index contributed by atoms with van der Waals surface area (Å²) in [4.78, 5) is 4.47. The second kappa shape index (κ2) is 5.81. The molecular weight excluding hydrogens is 318 g/mol. The number of benzene rings is 2. The molecule has 3 heteroatoms. The van der Waals surface area contributed by atoms with Gasteiger partial charge in [0, 0.05) is 28.9 Å². The number of para-hydroxylation sites is 1. The van der Waals surface area contributed by atoms with Crippen molar-refractivity contribution >= 4 is 16.4 Å². The summed E-state index contributed by atoms with van der Waals surface area (Å²) >= 11 is 0. The molecule has 3 aromatic heterocycles. The van der Waals surface area contributed by atoms with E-state index in [0.717, 1.165) is 33.1 Å². The van der Waals surface area contributed by atoms with Crippen LogP contribution in [0.1, 0.15) is 5.56 Å². The van der Waals surface area contributed by atoms with Gasteiger partial charge in [-0.15, -0.1) is 0 Å². The third-order valence-corrected chi connectivity index (χ3v) is 4.84. The first-order chi connectivity index (χ1) is 12.8. The zero-order valence-electron chi connectivity index (χ0n) is 14.4. The molecule has 0 saturated heterocycles. The van der Waals surface area contributed by atoms with E-state index in [4.69, 9.17) is 0 Å². The fraction of sp³-hybridized carbons (Fsp3) is 0.0435. The molecule has 3 heterocycles. The zero-order valence-corrected chi connectivity index (χ0v) is 14.4. The topological polar surface area (TPSA) is 30.2 Å². The molecule has 0 atom stereocenters. The van der Waals surface area contributed by atoms with Gasteiger partial charge in [-0.1, -0.05) is 54.1 Å². The van der Waals surface area contributed by atoms with Gasteiger partial charge < -0.3 is 0 Å². The van der Waals surface area contributed by atoms with Crippen molar-refractivity contribution in [2.24, 2.45) is 0 Å². The maximum Gasteiger partial charge on any atom is 0.0740 e. The summed E-state index contributed by atoms with van der Waals surface area (Å²) in [5, 5.41) is 5.75. The SMILES string of the molecule is Cc1ccc(-c2ccc3c(-c4ccnc5ccccc45)cnn3c2)cc1. The monoisotopic (exact) mass is 335 g/mol. The summed E-state index contributed by atoms with van der Waals surface area (Å²) in [5.74, 6) is 0. The molecule has 0 aliphatic rings. The summed E-state index contributed by atoms with van der Waals surface area (Å²) < 4.78 is 1.96. The highest BCUT2D eigenvalue weighted by Gasteiger charge is 2.11. The number of pyridine rings is 2. The molecule has 0 N–H and O–H groups in total. The molecule has 0 amide bonds. The van der Waals surface area contributed by atoms with Crippen molar-refractivity contribution in [3.63, 3.8) is 0 Å². The van der Waals surface area contributed by atoms with Gasteiger partial charge in [0.1, 0.15) is 0 Å². The van der Waals surface area contributed by atoms with Gasteiger partial charge in [0.2, 0.25) is 0 Å². The van der Waals surface area contributed by atoms with E-state index in [1.807, 2.05) is 29.0 Å². The Morgan fingerprint density at radius 2 is 1.58 bits per heavy atom. The van der Waals surface area contributed by atoms with Crippen LogP contribution in [0.4, 0.5) is 0 Å². The van der Waals surface area contributed by atoms with E-state index in [1.54, 1.807) is 0 Å². The van der Waals surface area contributed by atoms with Crippen molar-refractivity contribution in [2.45, 2.75) is 6.92 Å². The number of rotatable bonds is 2. The standard InChI is InChI=1S/C23H17N3/c1-16-6-8-17(9-7-16)18-10-11-23-21(14-25-26(23)15-18)19-12-13-24-22-5-3-2-4-20(19)22/h2-15H,1H3. The highest BCUT2D eigenvalue weighted by molar-refractivity contribution is 5.98. The van der Waals surface area contributed by atoms with Crippen LogP contribution < -0.4 is 0 Å². The number of nitrogens with zero attached hydrogens (tertiary/aromatic N) is 3. The fourth-order valence-electron chi connectivity index (χ4n) is 3.44. The lowest BCUT2D eigenvalue weighted by molar-refractivity contribution is 0.963. The molecule has 124 valence electrons. The van der Waals surface area contributed by atoms with Gasteiger partial charge in [0.25, 0.3) is 0 Å². The molecule has 2 aromatic carbocycles. The third-order valence-electron chi connectivity index (χ3n) is 4.84. The van der Waals surface area contributed by atoms with E-state index in [1.165, 1.54) is 11.1 Å². The second-order valence-electron chi connectivity index (χ2n) is 6.55. The van der Waals surface area contributed by atoms with Crippen LogP contribution >= 0.6 is 0 Å². The van der Waals surface area contributed by atoms with Crippen LogP contribution in [0.15, 0.2) is 85.3 Å². The first-order valence-corrected chi connectivity index (χ1v) is 8.68. The Hall–Kier alpha value is -3.46. The molecule has 0 bridgehead atoms. The van der Waals surface area contributed by atoms with Crippen LogP contribution in [-0.2, 0) is 0 Å². The number of fused-ring (bicyclic) bond motifs is 2. The van der Waals surface area contributed by atoms with Crippen LogP contribution in [0, 0.1) is 6.92 Å². The van der Waals surface area contributed by atoms with Crippen LogP contribution in [-0.4, -0.2) is 14.6 Å². The smallest absolute Gasteiger partial charge is 0.0740 e. The van der Waals surface area contributed by atoms with Gasteiger partial charge in [0.15, 0.2) is 0 Å². The van der Waals surface area contributed by atoms with Crippen molar-refractivity contribution in [1.29, 1.82) is 0 Å². The number of aryl methyl sites for hydroxylation is 1. The number of hydrogen-bond donors (Lipinski definition) is 0. The summed E-state index contributed by atoms with van der Waals surface area (Å²) in [7, 11) is 0. The Kier molecular flexibility index (Phi) is 3.32. The molecule has 0 fully saturated rings. The molecule has 0 saturated carbocycles. The average Bonchev–Trinajstić information content (AvgIpc) is 3.11. The molecule has 0 aliphatic heterocycles. The lowest BCUT2D eigenvalue weighted by Crippen LogP contribution is -1.89. The van der Waals surface area contributed by atoms with Crippen LogP contribution in [0.3, 0.4) is 0 Å². The quantitative estimate of drug-likeness (QED) is 0.425. The minimum Gasteiger partial charge on any atom is -0.256 e. The van der Waals surface area contributed by atoms with Gasteiger partial charge >= 0.3 is 0 Å². The normalized spacial score (nSPS) is 11.3. The van der Waals surface area contributed by atoms with Crippen LogP contribution in [0.25, 0.3) is 38.7 Å². The highest BCUT2D eigenvalue weighted by atomic mass is 15.2. The minimum absolute atomic E-state index is 1.00. The van der Waals surface area contributed by atoms with Crippen molar-refractivity contribution in [1.82, 2.24) is 14.6 Å². The molecule has 26 heavy (non-hydrogen) atoms. The van der Waals surface area contributed by atoms with Gasteiger partial charge in [-0.2, -0.15) is 5.10 Å². The molecule has 5 rings (SSSR count). The Bertz CT molecular complexity index is 1230. The molecule has 0 unspecified atom stereocenters. The third kappa shape index (κ3) is 2.37. The largest absolute Gasteiger partial charge is 0.256 e. The van der Waals surface area contributed by atoms with Crippen LogP contribution in [0.5, 0.6) is 0 Å². The van der Waals surface area contributed by atoms with E-state index in [9.17, 15) is 0 Å². The molecule has 0 spiro atoms. The summed E-state index contributed by atoms with van der Waals surface area (Å²) in [6, 6.07) is 23.2. The Morgan fingerprint density at radius 3 is 2.46 bits per heavy atom. The van der Waals surface area contributed by atoms with Crippen molar-refractivity contribution in [3.8, 4) is 22.3 Å². The first-order valence-electron chi connectivity index (χ1n) is 8.68. The number of aromatic nitrogens is 3. The predicted molar refractivity (Wildman–Crippen MR) is 106 cm³/mol. The molecular formula is C23H17N3. The maximum absolute atomic E-state index is 4.60. The van der Waals surface area contributed by atoms with Crippen LogP contribution in [0.2, 0.25) is 0 Å². The van der Waals surface area contributed by atoms with Crippen molar-refractivity contribution in [3.05, 3.63) is 90.9 Å². The van der Waals surface area contributed by atoms with Gasteiger partial charge in [-0.05, 0) is 36.2 Å². The van der Waals surface area contributed by atoms with Gasteiger partial charge in [-0.3, -0.25) is 4.98 Å². The molecule has 5 aromatic rings. The van der Waals surface area contributed by atoms with E-state index in [2.05, 4.69) is 77.8 Å². The Morgan fingerprint density at radius 1 is 0.769 bits per heavy atom. The summed E-state index contributed by atoms with van der Waals surface area (Å²) in [6.07, 6.45) is 5.89. The van der Waals surface area contributed by atoms with Gasteiger partial charge in [0.05, 0.1) is 17.2 Å². The highest BCUT2D eigenvalue weighted by Crippen LogP contribution is 2.31. The Labute approximate surface area is 151 Å². The predicted octanol–water partition coefficient (Wildman–Crippen LogP) is 5.52. The van der Waals surface area contributed by atoms with Crippen molar-refractivity contribution < 1.29 is 0 Å². The number of hydrogen-bond acceptors (Lipinski definition) is 2. The second-order valence-corrected chi connectivity index (χ2v) is 6.55. The van der Waals surface area contributed by atoms with E-state index < -0.39 is 0 Å². The zero-order chi connectivity index (χ0) is 17.5. The van der Waals surface area contributed by atoms with Gasteiger partial charge in [-0.25, -0.2) is 4.52 Å². The van der Waals surface area contributed by atoms with E-state index in [0.29, 0.717) is 0 Å². The van der Waals surface area contributed by atoms with E-state index in [-0.39, 0.29) is 0 Å². The summed E-state index contributed by atoms with van der Waals surface area (Å²) in [6.45, 7) is 2.10. The first kappa shape index (κ1) is 14.8. The van der Waals surface area contributed by atoms with E-state index >= 15 is 0 Å². The van der Waals surface area contributed by atoms with Crippen molar-refractivity contribution in [2.75, 3.05) is 0 Å².